The summed E-state index contributed by atoms with van der Waals surface area (Å²) in [5, 5.41) is 33.7. The first-order valence-electron chi connectivity index (χ1n) is 22.0. The molecule has 2 aliphatic heterocycles. The maximum absolute atomic E-state index is 9.92. The molecule has 2 aliphatic rings. The van der Waals surface area contributed by atoms with Gasteiger partial charge in [-0.05, 0) is 68.4 Å². The van der Waals surface area contributed by atoms with Crippen LogP contribution >= 0.6 is 34.8 Å². The number of aryl methyl sites for hydroxylation is 2. The van der Waals surface area contributed by atoms with Gasteiger partial charge in [0.25, 0.3) is 0 Å². The van der Waals surface area contributed by atoms with E-state index in [9.17, 15) is 15.6 Å². The molecule has 16 nitrogen and oxygen atoms in total. The van der Waals surface area contributed by atoms with E-state index in [1.807, 2.05) is 26.0 Å². The summed E-state index contributed by atoms with van der Waals surface area (Å²) in [5.41, 5.74) is 14.4. The maximum atomic E-state index is 9.92. The summed E-state index contributed by atoms with van der Waals surface area (Å²) in [7, 11) is -1.73. The molecule has 0 unspecified atom stereocenters. The van der Waals surface area contributed by atoms with Crippen LogP contribution in [0.4, 0.5) is 17.2 Å². The summed E-state index contributed by atoms with van der Waals surface area (Å²) >= 11 is 18.1. The average Bonchev–Trinajstić information content (AvgIpc) is 3.33. The molecular weight excluding hydrogens is 939 g/mol. The quantitative estimate of drug-likeness (QED) is 0.0861. The zero-order valence-electron chi connectivity index (χ0n) is 39.2. The molecular formula is C48H55Cl3N14O2Si. The van der Waals surface area contributed by atoms with Crippen molar-refractivity contribution in [3.63, 3.8) is 0 Å². The molecule has 6 aromatic rings. The number of fused-ring (bicyclic) bond motifs is 2. The number of hydrogen-bond donors (Lipinski definition) is 3. The fraction of sp³-hybridized carbons (Fsp3) is 0.375. The van der Waals surface area contributed by atoms with Crippen LogP contribution in [0.3, 0.4) is 0 Å². The number of nitriles is 2. The van der Waals surface area contributed by atoms with E-state index in [0.717, 1.165) is 76.8 Å². The number of benzene rings is 2. The zero-order chi connectivity index (χ0) is 49.2. The number of halogens is 3. The Morgan fingerprint density at radius 3 is 1.74 bits per heavy atom. The molecule has 8 rings (SSSR count). The minimum Gasteiger partial charge on any atom is -0.415 e. The summed E-state index contributed by atoms with van der Waals surface area (Å²) in [5.74, 6) is 2.08. The third kappa shape index (κ3) is 13.0. The number of aromatic nitrogens is 8. The van der Waals surface area contributed by atoms with Crippen molar-refractivity contribution < 1.29 is 9.53 Å². The summed E-state index contributed by atoms with van der Waals surface area (Å²) in [6.07, 6.45) is 11.5. The maximum Gasteiger partial charge on any atom is 0.192 e. The molecule has 0 spiro atoms. The fourth-order valence-electron chi connectivity index (χ4n) is 7.12. The molecule has 0 bridgehead atoms. The lowest BCUT2D eigenvalue weighted by Gasteiger charge is -2.36. The average molecular weight is 995 g/mol. The molecule has 4 N–H and O–H groups in total. The molecule has 0 aliphatic carbocycles. The van der Waals surface area contributed by atoms with Gasteiger partial charge < -0.3 is 30.4 Å². The molecule has 0 fully saturated rings. The lowest BCUT2D eigenvalue weighted by atomic mass is 10.0. The van der Waals surface area contributed by atoms with Crippen LogP contribution in [0.5, 0.6) is 0 Å². The molecule has 4 aromatic heterocycles. The normalized spacial score (nSPS) is 14.1. The SMILES string of the molecule is Cc1ncc([C@@H](CO)Nc2ncnc3c2CN(c2ccc(Cl)cc2C#N)CC3)cn1.Cc1ncc([C@H](N)CO[Si](C)(C)C(C)(C)C)cn1.N#Cc1cc(Cl)ccc1N1CCc2ncnc(Cl)c2C1. The molecule has 0 radical (unpaired) electrons. The van der Waals surface area contributed by atoms with E-state index in [2.05, 4.69) is 101 Å². The van der Waals surface area contributed by atoms with Crippen molar-refractivity contribution in [1.29, 1.82) is 10.5 Å². The number of nitrogens with one attached hydrogen (secondary N) is 1. The van der Waals surface area contributed by atoms with Gasteiger partial charge >= 0.3 is 0 Å². The third-order valence-electron chi connectivity index (χ3n) is 12.1. The van der Waals surface area contributed by atoms with Crippen LogP contribution < -0.4 is 20.9 Å². The predicted octanol–water partition coefficient (Wildman–Crippen LogP) is 8.83. The number of anilines is 3. The Bertz CT molecular complexity index is 2760. The highest BCUT2D eigenvalue weighted by Crippen LogP contribution is 2.37. The molecule has 2 atom stereocenters. The van der Waals surface area contributed by atoms with Gasteiger partial charge in [0.2, 0.25) is 0 Å². The van der Waals surface area contributed by atoms with Gasteiger partial charge in [0.05, 0.1) is 59.2 Å². The van der Waals surface area contributed by atoms with Gasteiger partial charge in [0, 0.05) is 96.1 Å². The van der Waals surface area contributed by atoms with E-state index in [0.29, 0.717) is 57.7 Å². The van der Waals surface area contributed by atoms with Crippen molar-refractivity contribution in [2.24, 2.45) is 5.73 Å². The molecule has 0 saturated carbocycles. The molecule has 2 aromatic carbocycles. The molecule has 20 heteroatoms. The van der Waals surface area contributed by atoms with Crippen molar-refractivity contribution >= 4 is 60.3 Å². The summed E-state index contributed by atoms with van der Waals surface area (Å²) < 4.78 is 6.10. The number of aliphatic hydroxyl groups is 1. The van der Waals surface area contributed by atoms with Gasteiger partial charge in [-0.15, -0.1) is 0 Å². The first kappa shape index (κ1) is 51.5. The smallest absolute Gasteiger partial charge is 0.192 e. The van der Waals surface area contributed by atoms with Crippen LogP contribution in [-0.2, 0) is 30.4 Å². The molecule has 6 heterocycles. The van der Waals surface area contributed by atoms with E-state index in [1.54, 1.807) is 49.1 Å². The topological polar surface area (TPSA) is 225 Å². The van der Waals surface area contributed by atoms with Gasteiger partial charge in [0.15, 0.2) is 8.32 Å². The van der Waals surface area contributed by atoms with E-state index in [1.165, 1.54) is 12.7 Å². The summed E-state index contributed by atoms with van der Waals surface area (Å²) in [6.45, 7) is 17.9. The van der Waals surface area contributed by atoms with Crippen LogP contribution in [0, 0.1) is 36.5 Å². The van der Waals surface area contributed by atoms with Crippen molar-refractivity contribution in [2.75, 3.05) is 41.4 Å². The molecule has 0 amide bonds. The lowest BCUT2D eigenvalue weighted by Crippen LogP contribution is -2.42. The number of nitrogens with zero attached hydrogens (tertiary/aromatic N) is 12. The largest absolute Gasteiger partial charge is 0.415 e. The summed E-state index contributed by atoms with van der Waals surface area (Å²) in [6, 6.07) is 14.5. The number of aliphatic hydroxyl groups excluding tert-OH is 1. The highest BCUT2D eigenvalue weighted by molar-refractivity contribution is 6.74. The van der Waals surface area contributed by atoms with Gasteiger partial charge in [0.1, 0.15) is 47.4 Å². The molecule has 0 saturated heterocycles. The van der Waals surface area contributed by atoms with Gasteiger partial charge in [-0.1, -0.05) is 55.6 Å². The summed E-state index contributed by atoms with van der Waals surface area (Å²) in [4.78, 5) is 38.1. The van der Waals surface area contributed by atoms with E-state index < -0.39 is 14.4 Å². The second-order valence-electron chi connectivity index (χ2n) is 17.8. The predicted molar refractivity (Wildman–Crippen MR) is 268 cm³/mol. The second kappa shape index (κ2) is 22.9. The van der Waals surface area contributed by atoms with E-state index in [-0.39, 0.29) is 17.7 Å². The Kier molecular flexibility index (Phi) is 17.4. The van der Waals surface area contributed by atoms with Gasteiger partial charge in [-0.3, -0.25) is 0 Å². The van der Waals surface area contributed by atoms with Crippen molar-refractivity contribution in [1.82, 2.24) is 39.9 Å². The van der Waals surface area contributed by atoms with Crippen LogP contribution in [0.1, 0.15) is 89.3 Å². The monoisotopic (exact) mass is 992 g/mol. The Labute approximate surface area is 413 Å². The van der Waals surface area contributed by atoms with Gasteiger partial charge in [-0.25, -0.2) is 39.9 Å². The van der Waals surface area contributed by atoms with Crippen molar-refractivity contribution in [3.05, 3.63) is 145 Å². The van der Waals surface area contributed by atoms with Crippen LogP contribution in [0.25, 0.3) is 0 Å². The highest BCUT2D eigenvalue weighted by atomic mass is 35.5. The first-order valence-corrected chi connectivity index (χ1v) is 26.0. The van der Waals surface area contributed by atoms with Gasteiger partial charge in [-0.2, -0.15) is 10.5 Å². The number of rotatable bonds is 10. The highest BCUT2D eigenvalue weighted by Gasteiger charge is 2.37. The standard InChI is InChI=1S/C21H20ClN7O.C14H10Cl2N4.C13H25N3OSi/c1-13-24-8-15(9-25-13)19(11-30)28-21-17-10-29(5-4-18(17)26-12-27-21)20-3-2-16(22)6-14(20)7-23;15-10-1-2-13(9(5-10)6-17)20-4-3-12-11(7-20)14(16)19-8-18-12;1-10-15-7-11(8-16-10)12(14)9-17-18(5,6)13(2,3)4/h2-3,6,8-9,12,19,30H,4-5,10-11H2,1H3,(H,26,27,28);1-2,5,8H,3-4,7H2;7-8,12H,9,14H2,1-6H3/t19-;;12-/m1.1/s1. The Balaban J connectivity index is 0.000000176. The van der Waals surface area contributed by atoms with Crippen LogP contribution in [0.15, 0.2) is 73.8 Å². The second-order valence-corrected chi connectivity index (χ2v) is 23.9. The van der Waals surface area contributed by atoms with Crippen molar-refractivity contribution in [2.45, 2.75) is 90.8 Å². The Morgan fingerprint density at radius 1 is 0.750 bits per heavy atom. The molecule has 354 valence electrons. The Morgan fingerprint density at radius 2 is 1.24 bits per heavy atom. The lowest BCUT2D eigenvalue weighted by molar-refractivity contribution is 0.264. The van der Waals surface area contributed by atoms with Crippen molar-refractivity contribution in [3.8, 4) is 12.1 Å². The fourth-order valence-corrected chi connectivity index (χ4v) is 8.70. The van der Waals surface area contributed by atoms with Crippen LogP contribution in [0.2, 0.25) is 33.3 Å². The van der Waals surface area contributed by atoms with Crippen LogP contribution in [-0.4, -0.2) is 79.6 Å². The Hall–Kier alpha value is -5.89. The third-order valence-corrected chi connectivity index (χ3v) is 17.4. The van der Waals surface area contributed by atoms with E-state index >= 15 is 0 Å². The van der Waals surface area contributed by atoms with E-state index in [4.69, 9.17) is 45.0 Å². The minimum absolute atomic E-state index is 0.134. The number of hydrogen-bond acceptors (Lipinski definition) is 16. The number of nitrogens with two attached hydrogens (primary N) is 1. The molecule has 68 heavy (non-hydrogen) atoms. The minimum atomic E-state index is -1.73. The first-order chi connectivity index (χ1) is 32.4. The zero-order valence-corrected chi connectivity index (χ0v) is 42.4.